The summed E-state index contributed by atoms with van der Waals surface area (Å²) in [5, 5.41) is 8.14. The van der Waals surface area contributed by atoms with Crippen molar-refractivity contribution in [1.29, 1.82) is 5.26 Å². The van der Waals surface area contributed by atoms with Crippen LogP contribution in [0.15, 0.2) is 12.3 Å². The SMILES string of the molecule is CCN(/C=C\C#N)CC. The monoisotopic (exact) mass is 124 g/mol. The van der Waals surface area contributed by atoms with E-state index in [0.29, 0.717) is 0 Å². The van der Waals surface area contributed by atoms with E-state index >= 15 is 0 Å². The molecule has 0 aromatic rings. The summed E-state index contributed by atoms with van der Waals surface area (Å²) >= 11 is 0. The molecule has 0 aromatic carbocycles. The Balaban J connectivity index is 3.57. The Bertz CT molecular complexity index is 117. The lowest BCUT2D eigenvalue weighted by Gasteiger charge is -2.13. The van der Waals surface area contributed by atoms with Gasteiger partial charge in [0.1, 0.15) is 0 Å². The van der Waals surface area contributed by atoms with Crippen LogP contribution in [-0.4, -0.2) is 18.0 Å². The van der Waals surface area contributed by atoms with Gasteiger partial charge in [-0.1, -0.05) is 0 Å². The van der Waals surface area contributed by atoms with Crippen LogP contribution >= 0.6 is 0 Å². The first kappa shape index (κ1) is 8.03. The van der Waals surface area contributed by atoms with Crippen LogP contribution in [0.4, 0.5) is 0 Å². The second-order valence-corrected chi connectivity index (χ2v) is 1.67. The molecule has 0 amide bonds. The van der Waals surface area contributed by atoms with Crippen LogP contribution < -0.4 is 0 Å². The minimum Gasteiger partial charge on any atom is -0.377 e. The maximum atomic E-state index is 8.14. The van der Waals surface area contributed by atoms with Gasteiger partial charge in [-0.25, -0.2) is 0 Å². The summed E-state index contributed by atoms with van der Waals surface area (Å²) < 4.78 is 0. The number of nitrogens with zero attached hydrogens (tertiary/aromatic N) is 2. The minimum atomic E-state index is 0.967. The van der Waals surface area contributed by atoms with Crippen LogP contribution in [0, 0.1) is 11.3 Å². The van der Waals surface area contributed by atoms with E-state index in [1.165, 1.54) is 6.08 Å². The lowest BCUT2D eigenvalue weighted by molar-refractivity contribution is 0.419. The van der Waals surface area contributed by atoms with Gasteiger partial charge in [0.25, 0.3) is 0 Å². The quantitative estimate of drug-likeness (QED) is 0.531. The van der Waals surface area contributed by atoms with Gasteiger partial charge < -0.3 is 4.90 Å². The molecule has 0 fully saturated rings. The number of hydrogen-bond donors (Lipinski definition) is 0. The first-order valence-electron chi connectivity index (χ1n) is 3.15. The molecule has 0 bridgehead atoms. The Morgan fingerprint density at radius 2 is 2.00 bits per heavy atom. The minimum absolute atomic E-state index is 0.967. The Kier molecular flexibility index (Phi) is 4.61. The van der Waals surface area contributed by atoms with Crippen molar-refractivity contribution in [2.24, 2.45) is 0 Å². The average molecular weight is 124 g/mol. The van der Waals surface area contributed by atoms with Gasteiger partial charge in [0.05, 0.1) is 6.07 Å². The van der Waals surface area contributed by atoms with Gasteiger partial charge in [-0.15, -0.1) is 0 Å². The number of hydrogen-bond acceptors (Lipinski definition) is 2. The maximum Gasteiger partial charge on any atom is 0.0927 e. The second kappa shape index (κ2) is 5.17. The summed E-state index contributed by atoms with van der Waals surface area (Å²) in [6.07, 6.45) is 3.30. The van der Waals surface area contributed by atoms with E-state index in [0.717, 1.165) is 13.1 Å². The normalized spacial score (nSPS) is 9.44. The molecule has 0 aromatic heterocycles. The molecule has 50 valence electrons. The van der Waals surface area contributed by atoms with E-state index < -0.39 is 0 Å². The number of nitriles is 1. The van der Waals surface area contributed by atoms with Crippen LogP contribution in [0.25, 0.3) is 0 Å². The van der Waals surface area contributed by atoms with Crippen LogP contribution in [0.2, 0.25) is 0 Å². The molecule has 0 aliphatic heterocycles. The largest absolute Gasteiger partial charge is 0.377 e. The molecule has 0 radical (unpaired) electrons. The predicted molar refractivity (Wildman–Crippen MR) is 37.7 cm³/mol. The second-order valence-electron chi connectivity index (χ2n) is 1.67. The molecule has 0 saturated carbocycles. The molecule has 0 N–H and O–H groups in total. The third kappa shape index (κ3) is 3.60. The van der Waals surface area contributed by atoms with Crippen LogP contribution in [0.1, 0.15) is 13.8 Å². The van der Waals surface area contributed by atoms with Crippen LogP contribution in [-0.2, 0) is 0 Å². The Morgan fingerprint density at radius 3 is 2.33 bits per heavy atom. The first-order chi connectivity index (χ1) is 4.35. The fourth-order valence-corrected chi connectivity index (χ4v) is 0.573. The highest BCUT2D eigenvalue weighted by Gasteiger charge is 1.86. The summed E-state index contributed by atoms with van der Waals surface area (Å²) in [7, 11) is 0. The average Bonchev–Trinajstić information content (AvgIpc) is 1.91. The summed E-state index contributed by atoms with van der Waals surface area (Å²) in [6.45, 7) is 6.06. The van der Waals surface area contributed by atoms with Crippen molar-refractivity contribution in [2.75, 3.05) is 13.1 Å². The molecule has 2 nitrogen and oxygen atoms in total. The highest BCUT2D eigenvalue weighted by Crippen LogP contribution is 1.85. The van der Waals surface area contributed by atoms with E-state index in [1.54, 1.807) is 6.20 Å². The van der Waals surface area contributed by atoms with Gasteiger partial charge in [-0.05, 0) is 13.8 Å². The third-order valence-electron chi connectivity index (χ3n) is 1.17. The highest BCUT2D eigenvalue weighted by molar-refractivity contribution is 5.00. The zero-order valence-electron chi connectivity index (χ0n) is 5.96. The molecule has 0 spiro atoms. The molecule has 9 heavy (non-hydrogen) atoms. The molecule has 0 unspecified atom stereocenters. The molecule has 0 heterocycles. The smallest absolute Gasteiger partial charge is 0.0927 e. The summed E-state index contributed by atoms with van der Waals surface area (Å²) in [5.74, 6) is 0. The van der Waals surface area contributed by atoms with E-state index in [4.69, 9.17) is 5.26 Å². The standard InChI is InChI=1S/C7H12N2/c1-3-9(4-2)7-5-6-8/h5,7H,3-4H2,1-2H3/b7-5-. The lowest BCUT2D eigenvalue weighted by atomic mass is 10.5. The van der Waals surface area contributed by atoms with Crippen LogP contribution in [0.5, 0.6) is 0 Å². The van der Waals surface area contributed by atoms with Gasteiger partial charge in [0.15, 0.2) is 0 Å². The summed E-state index contributed by atoms with van der Waals surface area (Å²) in [6, 6.07) is 1.94. The predicted octanol–water partition coefficient (Wildman–Crippen LogP) is 1.37. The maximum absolute atomic E-state index is 8.14. The first-order valence-corrected chi connectivity index (χ1v) is 3.15. The van der Waals surface area contributed by atoms with E-state index in [1.807, 2.05) is 6.07 Å². The van der Waals surface area contributed by atoms with Crippen molar-refractivity contribution in [3.8, 4) is 6.07 Å². The van der Waals surface area contributed by atoms with Crippen LogP contribution in [0.3, 0.4) is 0 Å². The molecular formula is C7H12N2. The van der Waals surface area contributed by atoms with Gasteiger partial charge >= 0.3 is 0 Å². The molecule has 0 saturated heterocycles. The van der Waals surface area contributed by atoms with E-state index in [9.17, 15) is 0 Å². The molecule has 0 aliphatic rings. The molecular weight excluding hydrogens is 112 g/mol. The molecule has 0 rings (SSSR count). The zero-order chi connectivity index (χ0) is 7.11. The van der Waals surface area contributed by atoms with Crippen molar-refractivity contribution >= 4 is 0 Å². The summed E-state index contributed by atoms with van der Waals surface area (Å²) in [5.41, 5.74) is 0. The Hall–Kier alpha value is -0.970. The van der Waals surface area contributed by atoms with Crippen molar-refractivity contribution in [2.45, 2.75) is 13.8 Å². The lowest BCUT2D eigenvalue weighted by Crippen LogP contribution is -2.14. The van der Waals surface area contributed by atoms with Crippen molar-refractivity contribution in [1.82, 2.24) is 4.90 Å². The highest BCUT2D eigenvalue weighted by atomic mass is 15.1. The Labute approximate surface area is 56.4 Å². The van der Waals surface area contributed by atoms with Gasteiger partial charge in [0.2, 0.25) is 0 Å². The number of rotatable bonds is 3. The summed E-state index contributed by atoms with van der Waals surface area (Å²) in [4.78, 5) is 2.06. The molecule has 0 aliphatic carbocycles. The van der Waals surface area contributed by atoms with Crippen molar-refractivity contribution < 1.29 is 0 Å². The fraction of sp³-hybridized carbons (Fsp3) is 0.571. The van der Waals surface area contributed by atoms with Crippen molar-refractivity contribution in [3.63, 3.8) is 0 Å². The van der Waals surface area contributed by atoms with E-state index in [-0.39, 0.29) is 0 Å². The fourth-order valence-electron chi connectivity index (χ4n) is 0.573. The topological polar surface area (TPSA) is 27.0 Å². The molecule has 0 atom stereocenters. The Morgan fingerprint density at radius 1 is 1.44 bits per heavy atom. The molecule has 2 heteroatoms. The van der Waals surface area contributed by atoms with Gasteiger partial charge in [-0.2, -0.15) is 5.26 Å². The van der Waals surface area contributed by atoms with Crippen molar-refractivity contribution in [3.05, 3.63) is 12.3 Å². The zero-order valence-corrected chi connectivity index (χ0v) is 5.96. The van der Waals surface area contributed by atoms with Gasteiger partial charge in [-0.3, -0.25) is 0 Å². The number of allylic oxidation sites excluding steroid dienone is 1. The van der Waals surface area contributed by atoms with Gasteiger partial charge in [0, 0.05) is 25.4 Å². The third-order valence-corrected chi connectivity index (χ3v) is 1.17. The van der Waals surface area contributed by atoms with E-state index in [2.05, 4.69) is 18.7 Å².